The number of thioether (sulfide) groups is 1. The third kappa shape index (κ3) is 7.51. The number of fused-ring (bicyclic) bond motifs is 1. The molecule has 3 heterocycles. The zero-order valence-corrected chi connectivity index (χ0v) is 22.3. The lowest BCUT2D eigenvalue weighted by Crippen LogP contribution is -2.29. The lowest BCUT2D eigenvalue weighted by molar-refractivity contribution is -0.122. The first-order valence-corrected chi connectivity index (χ1v) is 13.9. The molecule has 0 saturated carbocycles. The second-order valence-electron chi connectivity index (χ2n) is 8.79. The Morgan fingerprint density at radius 2 is 1.74 bits per heavy atom. The van der Waals surface area contributed by atoms with Crippen LogP contribution in [0.2, 0.25) is 0 Å². The Morgan fingerprint density at radius 1 is 1.06 bits per heavy atom. The maximum atomic E-state index is 13.2. The number of thiocarbonyl (C=S) groups is 1. The molecule has 8 heteroatoms. The van der Waals surface area contributed by atoms with Gasteiger partial charge in [-0.2, -0.15) is 0 Å². The molecule has 6 nitrogen and oxygen atoms in total. The van der Waals surface area contributed by atoms with E-state index in [-0.39, 0.29) is 11.5 Å². The van der Waals surface area contributed by atoms with Gasteiger partial charge in [-0.3, -0.25) is 18.9 Å². The number of nitrogens with one attached hydrogen (secondary N) is 1. The first-order chi connectivity index (χ1) is 17.1. The van der Waals surface area contributed by atoms with Crippen molar-refractivity contribution >= 4 is 51.7 Å². The Labute approximate surface area is 217 Å². The smallest absolute Gasteiger partial charge is 0.267 e. The number of aromatic nitrogens is 2. The van der Waals surface area contributed by atoms with Crippen LogP contribution in [0.5, 0.6) is 0 Å². The minimum absolute atomic E-state index is 0.136. The minimum atomic E-state index is -0.234. The molecule has 2 aromatic heterocycles. The van der Waals surface area contributed by atoms with Crippen molar-refractivity contribution in [2.75, 3.05) is 18.4 Å². The van der Waals surface area contributed by atoms with Crippen molar-refractivity contribution in [3.63, 3.8) is 0 Å². The molecule has 1 N–H and O–H groups in total. The van der Waals surface area contributed by atoms with Gasteiger partial charge in [0.2, 0.25) is 0 Å². The molecule has 188 valence electrons. The van der Waals surface area contributed by atoms with Crippen molar-refractivity contribution in [1.29, 1.82) is 0 Å². The summed E-state index contributed by atoms with van der Waals surface area (Å²) in [5, 5.41) is 3.13. The van der Waals surface area contributed by atoms with Crippen LogP contribution < -0.4 is 10.9 Å². The van der Waals surface area contributed by atoms with Crippen molar-refractivity contribution < 1.29 is 4.79 Å². The number of amides is 1. The van der Waals surface area contributed by atoms with Crippen molar-refractivity contribution in [3.05, 3.63) is 57.9 Å². The first-order valence-electron chi connectivity index (χ1n) is 12.7. The van der Waals surface area contributed by atoms with Crippen LogP contribution in [0.15, 0.2) is 46.8 Å². The summed E-state index contributed by atoms with van der Waals surface area (Å²) in [7, 11) is 0. The highest BCUT2D eigenvalue weighted by atomic mass is 32.2. The number of unbranched alkanes of at least 4 members (excludes halogenated alkanes) is 9. The standard InChI is InChI=1S/C27H36N4O2S2/c1-3-5-6-7-8-9-10-11-12-14-19-31-26(33)22(35-27(31)34)20-21-24(28-17-4-2)29-23-16-13-15-18-30(23)25(21)32/h4,13,15-16,18,20,28H,2-3,5-12,14,17,19H2,1H3. The van der Waals surface area contributed by atoms with E-state index in [1.54, 1.807) is 35.4 Å². The fourth-order valence-electron chi connectivity index (χ4n) is 4.12. The summed E-state index contributed by atoms with van der Waals surface area (Å²) in [6, 6.07) is 5.39. The molecular weight excluding hydrogens is 476 g/mol. The SMILES string of the molecule is C=CCNc1nc2ccccn2c(=O)c1C=C1SC(=S)N(CCCCCCCCCCCC)C1=O. The number of pyridine rings is 1. The highest BCUT2D eigenvalue weighted by Gasteiger charge is 2.32. The monoisotopic (exact) mass is 512 g/mol. The van der Waals surface area contributed by atoms with Gasteiger partial charge in [0.25, 0.3) is 11.5 Å². The molecular formula is C27H36N4O2S2. The van der Waals surface area contributed by atoms with E-state index in [0.717, 1.165) is 12.8 Å². The number of hydrogen-bond donors (Lipinski definition) is 1. The van der Waals surface area contributed by atoms with Crippen LogP contribution in [-0.2, 0) is 4.79 Å². The molecule has 0 spiro atoms. The molecule has 1 saturated heterocycles. The summed E-state index contributed by atoms with van der Waals surface area (Å²) in [6.07, 6.45) is 17.4. The molecule has 1 aliphatic heterocycles. The highest BCUT2D eigenvalue weighted by molar-refractivity contribution is 8.26. The van der Waals surface area contributed by atoms with Crippen LogP contribution in [0.3, 0.4) is 0 Å². The fourth-order valence-corrected chi connectivity index (χ4v) is 5.41. The van der Waals surface area contributed by atoms with E-state index in [1.165, 1.54) is 67.5 Å². The average molecular weight is 513 g/mol. The third-order valence-electron chi connectivity index (χ3n) is 6.07. The molecule has 2 aromatic rings. The number of anilines is 1. The zero-order chi connectivity index (χ0) is 25.0. The van der Waals surface area contributed by atoms with Crippen LogP contribution in [0.4, 0.5) is 5.82 Å². The Balaban J connectivity index is 1.61. The molecule has 0 bridgehead atoms. The normalized spacial score (nSPS) is 14.9. The van der Waals surface area contributed by atoms with Crippen LogP contribution in [0.1, 0.15) is 76.7 Å². The van der Waals surface area contributed by atoms with Gasteiger partial charge in [-0.05, 0) is 24.6 Å². The van der Waals surface area contributed by atoms with Gasteiger partial charge in [-0.25, -0.2) is 4.98 Å². The van der Waals surface area contributed by atoms with Crippen LogP contribution >= 0.6 is 24.0 Å². The van der Waals surface area contributed by atoms with Gasteiger partial charge in [-0.15, -0.1) is 6.58 Å². The number of rotatable bonds is 15. The topological polar surface area (TPSA) is 66.7 Å². The number of nitrogens with zero attached hydrogens (tertiary/aromatic N) is 3. The maximum Gasteiger partial charge on any atom is 0.267 e. The fraction of sp³-hybridized carbons (Fsp3) is 0.481. The largest absolute Gasteiger partial charge is 0.366 e. The molecule has 0 unspecified atom stereocenters. The van der Waals surface area contributed by atoms with Gasteiger partial charge in [0.1, 0.15) is 15.8 Å². The van der Waals surface area contributed by atoms with Gasteiger partial charge in [0.15, 0.2) is 0 Å². The van der Waals surface area contributed by atoms with Gasteiger partial charge in [-0.1, -0.05) is 101 Å². The summed E-state index contributed by atoms with van der Waals surface area (Å²) in [6.45, 7) is 7.04. The predicted octanol–water partition coefficient (Wildman–Crippen LogP) is 6.41. The summed E-state index contributed by atoms with van der Waals surface area (Å²) < 4.78 is 2.03. The molecule has 1 aliphatic rings. The van der Waals surface area contributed by atoms with E-state index in [0.29, 0.717) is 39.3 Å². The summed E-state index contributed by atoms with van der Waals surface area (Å²) >= 11 is 6.74. The Morgan fingerprint density at radius 3 is 2.43 bits per heavy atom. The quantitative estimate of drug-likeness (QED) is 0.129. The Hall–Kier alpha value is -2.45. The van der Waals surface area contributed by atoms with E-state index < -0.39 is 0 Å². The van der Waals surface area contributed by atoms with Gasteiger partial charge < -0.3 is 5.32 Å². The molecule has 0 radical (unpaired) electrons. The lowest BCUT2D eigenvalue weighted by atomic mass is 10.1. The Kier molecular flexibility index (Phi) is 11.0. The average Bonchev–Trinajstić information content (AvgIpc) is 3.13. The van der Waals surface area contributed by atoms with Gasteiger partial charge in [0.05, 0.1) is 10.5 Å². The molecule has 0 aliphatic carbocycles. The van der Waals surface area contributed by atoms with Crippen LogP contribution in [0.25, 0.3) is 11.7 Å². The van der Waals surface area contributed by atoms with Crippen molar-refractivity contribution in [1.82, 2.24) is 14.3 Å². The second kappa shape index (κ2) is 14.2. The van der Waals surface area contributed by atoms with Crippen LogP contribution in [-0.4, -0.2) is 37.6 Å². The van der Waals surface area contributed by atoms with E-state index in [1.807, 2.05) is 6.07 Å². The molecule has 1 amide bonds. The van der Waals surface area contributed by atoms with E-state index in [9.17, 15) is 9.59 Å². The van der Waals surface area contributed by atoms with Crippen molar-refractivity contribution in [2.24, 2.45) is 0 Å². The molecule has 3 rings (SSSR count). The predicted molar refractivity (Wildman–Crippen MR) is 152 cm³/mol. The lowest BCUT2D eigenvalue weighted by Gasteiger charge is -2.14. The maximum absolute atomic E-state index is 13.2. The van der Waals surface area contributed by atoms with Crippen LogP contribution in [0, 0.1) is 0 Å². The molecule has 0 atom stereocenters. The molecule has 1 fully saturated rings. The number of carbonyl (C=O) groups is 1. The minimum Gasteiger partial charge on any atom is -0.366 e. The molecule has 35 heavy (non-hydrogen) atoms. The second-order valence-corrected chi connectivity index (χ2v) is 10.5. The van der Waals surface area contributed by atoms with Crippen molar-refractivity contribution in [2.45, 2.75) is 71.1 Å². The zero-order valence-electron chi connectivity index (χ0n) is 20.6. The number of hydrogen-bond acceptors (Lipinski definition) is 6. The van der Waals surface area contributed by atoms with Gasteiger partial charge >= 0.3 is 0 Å². The summed E-state index contributed by atoms with van der Waals surface area (Å²) in [5.41, 5.74) is 0.645. The van der Waals surface area contributed by atoms with Crippen molar-refractivity contribution in [3.8, 4) is 0 Å². The summed E-state index contributed by atoms with van der Waals surface area (Å²) in [4.78, 5) is 33.0. The van der Waals surface area contributed by atoms with E-state index in [4.69, 9.17) is 12.2 Å². The highest BCUT2D eigenvalue weighted by Crippen LogP contribution is 2.33. The number of carbonyl (C=O) groups excluding carboxylic acids is 1. The Bertz CT molecular complexity index is 1130. The van der Waals surface area contributed by atoms with E-state index in [2.05, 4.69) is 23.8 Å². The first kappa shape index (κ1) is 27.1. The van der Waals surface area contributed by atoms with Gasteiger partial charge in [0, 0.05) is 19.3 Å². The molecule has 0 aromatic carbocycles. The summed E-state index contributed by atoms with van der Waals surface area (Å²) in [5.74, 6) is 0.296. The third-order valence-corrected chi connectivity index (χ3v) is 7.44. The van der Waals surface area contributed by atoms with E-state index >= 15 is 0 Å².